The summed E-state index contributed by atoms with van der Waals surface area (Å²) in [5.74, 6) is 0.654. The van der Waals surface area contributed by atoms with Crippen LogP contribution in [0, 0.1) is 11.8 Å². The molecule has 0 saturated carbocycles. The van der Waals surface area contributed by atoms with Crippen LogP contribution in [-0.2, 0) is 28.5 Å². The molecule has 2 heterocycles. The van der Waals surface area contributed by atoms with Gasteiger partial charge in [0, 0.05) is 58.4 Å². The van der Waals surface area contributed by atoms with Crippen LogP contribution in [0.3, 0.4) is 0 Å². The van der Waals surface area contributed by atoms with Gasteiger partial charge in [-0.2, -0.15) is 0 Å². The van der Waals surface area contributed by atoms with Crippen molar-refractivity contribution in [2.75, 3.05) is 59.6 Å². The highest BCUT2D eigenvalue weighted by molar-refractivity contribution is 5.70. The summed E-state index contributed by atoms with van der Waals surface area (Å²) in [6.07, 6.45) is 38.1. The Balaban J connectivity index is 1.59. The molecule has 1 atom stereocenters. The summed E-state index contributed by atoms with van der Waals surface area (Å²) in [4.78, 5) is 29.9. The Morgan fingerprint density at radius 2 is 0.933 bits per heavy atom. The molecule has 0 aromatic rings. The maximum Gasteiger partial charge on any atom is 0.306 e. The van der Waals surface area contributed by atoms with E-state index >= 15 is 0 Å². The Morgan fingerprint density at radius 3 is 1.33 bits per heavy atom. The minimum absolute atomic E-state index is 0.0179. The first kappa shape index (κ1) is 54.9. The van der Waals surface area contributed by atoms with E-state index in [1.807, 2.05) is 0 Å². The van der Waals surface area contributed by atoms with E-state index in [4.69, 9.17) is 18.9 Å². The van der Waals surface area contributed by atoms with E-state index in [9.17, 15) is 9.59 Å². The van der Waals surface area contributed by atoms with Crippen LogP contribution in [0.15, 0.2) is 0 Å². The number of esters is 2. The Kier molecular flexibility index (Phi) is 34.0. The smallest absolute Gasteiger partial charge is 0.306 e. The number of rotatable bonds is 41. The number of unbranched alkanes of at least 4 members (excludes halogenated alkanes) is 18. The minimum Gasteiger partial charge on any atom is -0.466 e. The van der Waals surface area contributed by atoms with Gasteiger partial charge in [-0.1, -0.05) is 156 Å². The van der Waals surface area contributed by atoms with Gasteiger partial charge < -0.3 is 28.7 Å². The molecule has 2 rings (SSSR count). The third-order valence-corrected chi connectivity index (χ3v) is 13.5. The molecule has 2 fully saturated rings. The van der Waals surface area contributed by atoms with Gasteiger partial charge in [-0.3, -0.25) is 9.59 Å². The van der Waals surface area contributed by atoms with Crippen LogP contribution in [0.5, 0.6) is 0 Å². The van der Waals surface area contributed by atoms with Crippen LogP contribution in [0.1, 0.15) is 240 Å². The summed E-state index contributed by atoms with van der Waals surface area (Å²) in [5.41, 5.74) is 0. The second-order valence-corrected chi connectivity index (χ2v) is 19.2. The third-order valence-electron chi connectivity index (χ3n) is 13.5. The fourth-order valence-electron chi connectivity index (χ4n) is 9.29. The summed E-state index contributed by atoms with van der Waals surface area (Å²) in [7, 11) is 2.22. The van der Waals surface area contributed by atoms with Crippen molar-refractivity contribution in [3.05, 3.63) is 0 Å². The highest BCUT2D eigenvalue weighted by Crippen LogP contribution is 2.36. The molecule has 0 aliphatic carbocycles. The molecule has 2 saturated heterocycles. The average molecular weight is 849 g/mol. The predicted octanol–water partition coefficient (Wildman–Crippen LogP) is 13.6. The third kappa shape index (κ3) is 28.5. The Bertz CT molecular complexity index is 931. The van der Waals surface area contributed by atoms with Crippen molar-refractivity contribution >= 4 is 11.9 Å². The molecule has 0 aromatic carbocycles. The van der Waals surface area contributed by atoms with Crippen LogP contribution < -0.4 is 0 Å². The number of carbonyl (C=O) groups excluding carboxylic acids is 2. The molecule has 1 unspecified atom stereocenters. The normalized spacial score (nSPS) is 17.3. The highest BCUT2D eigenvalue weighted by Gasteiger charge is 2.40. The quantitative estimate of drug-likeness (QED) is 0.0445. The molecule has 8 nitrogen and oxygen atoms in total. The zero-order chi connectivity index (χ0) is 43.4. The molecular weight excluding hydrogens is 749 g/mol. The molecule has 0 radical (unpaired) electrons. The summed E-state index contributed by atoms with van der Waals surface area (Å²) in [6, 6.07) is 0. The van der Waals surface area contributed by atoms with Gasteiger partial charge in [-0.15, -0.1) is 0 Å². The number of hydrogen-bond acceptors (Lipinski definition) is 8. The first-order valence-electron chi connectivity index (χ1n) is 26.4. The molecule has 0 N–H and O–H groups in total. The van der Waals surface area contributed by atoms with Crippen LogP contribution >= 0.6 is 0 Å². The lowest BCUT2D eigenvalue weighted by Crippen LogP contribution is -2.45. The molecule has 0 bridgehead atoms. The molecule has 60 heavy (non-hydrogen) atoms. The summed E-state index contributed by atoms with van der Waals surface area (Å²) >= 11 is 0. The van der Waals surface area contributed by atoms with Crippen molar-refractivity contribution < 1.29 is 28.5 Å². The largest absolute Gasteiger partial charge is 0.466 e. The van der Waals surface area contributed by atoms with Gasteiger partial charge in [0.2, 0.25) is 0 Å². The van der Waals surface area contributed by atoms with Crippen molar-refractivity contribution in [3.8, 4) is 0 Å². The van der Waals surface area contributed by atoms with E-state index in [0.717, 1.165) is 110 Å². The molecule has 0 amide bonds. The lowest BCUT2D eigenvalue weighted by Gasteiger charge is -2.33. The van der Waals surface area contributed by atoms with Crippen molar-refractivity contribution in [1.29, 1.82) is 0 Å². The number of hydrogen-bond donors (Lipinski definition) is 0. The van der Waals surface area contributed by atoms with E-state index in [0.29, 0.717) is 37.9 Å². The lowest BCUT2D eigenvalue weighted by atomic mass is 9.93. The van der Waals surface area contributed by atoms with Crippen LogP contribution in [0.25, 0.3) is 0 Å². The first-order chi connectivity index (χ1) is 29.3. The fourth-order valence-corrected chi connectivity index (χ4v) is 9.29. The van der Waals surface area contributed by atoms with Crippen molar-refractivity contribution in [1.82, 2.24) is 9.80 Å². The predicted molar refractivity (Wildman–Crippen MR) is 251 cm³/mol. The van der Waals surface area contributed by atoms with Crippen molar-refractivity contribution in [2.24, 2.45) is 11.8 Å². The maximum atomic E-state index is 12.4. The van der Waals surface area contributed by atoms with Gasteiger partial charge in [-0.05, 0) is 76.7 Å². The molecule has 2 aliphatic heterocycles. The Hall–Kier alpha value is -1.22. The Labute approximate surface area is 372 Å². The van der Waals surface area contributed by atoms with Gasteiger partial charge >= 0.3 is 11.9 Å². The van der Waals surface area contributed by atoms with Crippen molar-refractivity contribution in [3.63, 3.8) is 0 Å². The number of carbonyl (C=O) groups is 2. The van der Waals surface area contributed by atoms with E-state index in [-0.39, 0.29) is 23.8 Å². The number of ether oxygens (including phenoxy) is 4. The van der Waals surface area contributed by atoms with E-state index in [1.165, 1.54) is 128 Å². The van der Waals surface area contributed by atoms with Crippen LogP contribution in [0.4, 0.5) is 0 Å². The molecule has 0 spiro atoms. The second-order valence-electron chi connectivity index (χ2n) is 19.2. The van der Waals surface area contributed by atoms with Gasteiger partial charge in [0.25, 0.3) is 0 Å². The van der Waals surface area contributed by atoms with Crippen molar-refractivity contribution in [2.45, 2.75) is 251 Å². The topological polar surface area (TPSA) is 77.5 Å². The molecule has 8 heteroatoms. The number of likely N-dealkylation sites (N-methyl/N-ethyl adjacent to an activating group) is 1. The Morgan fingerprint density at radius 1 is 0.550 bits per heavy atom. The van der Waals surface area contributed by atoms with Gasteiger partial charge in [0.05, 0.1) is 25.9 Å². The lowest BCUT2D eigenvalue weighted by molar-refractivity contribution is -0.180. The number of piperazine rings is 1. The molecule has 2 aliphatic rings. The monoisotopic (exact) mass is 849 g/mol. The standard InChI is InChI=1S/C52H100N2O6/c1-6-10-30-47(31-11-7-2)44-50(55)57-42-28-24-20-16-14-18-22-26-35-52(59-46-49(60-52)34-37-54-40-38-53(5)39-41-54)36-27-23-19-15-17-21-25-29-43-58-51(56)45-48(32-12-8-3)33-13-9-4/h47-49H,6-46H2,1-5H3. The summed E-state index contributed by atoms with van der Waals surface area (Å²) in [6.45, 7) is 16.6. The average Bonchev–Trinajstić information content (AvgIpc) is 3.66. The zero-order valence-corrected chi connectivity index (χ0v) is 40.6. The molecule has 354 valence electrons. The SMILES string of the molecule is CCCCC(CCCC)CC(=O)OCCCCCCCCCCC1(CCCCCCCCCCOC(=O)CC(CCCC)CCCC)OCC(CCN2CCN(C)CC2)O1. The number of nitrogens with zero attached hydrogens (tertiary/aromatic N) is 2. The minimum atomic E-state index is -0.389. The fraction of sp³-hybridized carbons (Fsp3) is 0.962. The second kappa shape index (κ2) is 37.2. The molecule has 0 aromatic heterocycles. The van der Waals surface area contributed by atoms with Crippen LogP contribution in [0.2, 0.25) is 0 Å². The summed E-state index contributed by atoms with van der Waals surface area (Å²) in [5, 5.41) is 0. The zero-order valence-electron chi connectivity index (χ0n) is 40.6. The first-order valence-corrected chi connectivity index (χ1v) is 26.4. The van der Waals surface area contributed by atoms with E-state index in [1.54, 1.807) is 0 Å². The maximum absolute atomic E-state index is 12.4. The summed E-state index contributed by atoms with van der Waals surface area (Å²) < 4.78 is 24.7. The highest BCUT2D eigenvalue weighted by atomic mass is 16.7. The van der Waals surface area contributed by atoms with Gasteiger partial charge in [0.15, 0.2) is 5.79 Å². The van der Waals surface area contributed by atoms with E-state index in [2.05, 4.69) is 44.5 Å². The molecular formula is C52H100N2O6. The van der Waals surface area contributed by atoms with E-state index < -0.39 is 0 Å². The van der Waals surface area contributed by atoms with Crippen LogP contribution in [-0.4, -0.2) is 93.2 Å². The van der Waals surface area contributed by atoms with Gasteiger partial charge in [0.1, 0.15) is 0 Å². The van der Waals surface area contributed by atoms with Gasteiger partial charge in [-0.25, -0.2) is 0 Å².